The lowest BCUT2D eigenvalue weighted by molar-refractivity contribution is -0.389. The van der Waals surface area contributed by atoms with Gasteiger partial charge in [-0.2, -0.15) is 35.1 Å². The standard InChI is InChI=1S/C15H5Br2ClF9N/c16-6-4-8(10(9(17)5-6)7-2-1-3-28-11(7)18)12(19,14(22,23)24)13(20,21)15(25,26)27/h1-5H. The predicted octanol–water partition coefficient (Wildman–Crippen LogP) is 7.85. The van der Waals surface area contributed by atoms with Crippen molar-refractivity contribution >= 4 is 43.5 Å². The van der Waals surface area contributed by atoms with Crippen LogP contribution in [0.15, 0.2) is 39.4 Å². The second-order valence-electron chi connectivity index (χ2n) is 5.38. The molecule has 0 saturated carbocycles. The molecule has 0 aliphatic heterocycles. The monoisotopic (exact) mass is 563 g/mol. The number of alkyl halides is 9. The van der Waals surface area contributed by atoms with Crippen LogP contribution in [0.3, 0.4) is 0 Å². The van der Waals surface area contributed by atoms with E-state index in [1.807, 2.05) is 0 Å². The number of rotatable bonds is 3. The molecule has 0 aliphatic carbocycles. The van der Waals surface area contributed by atoms with E-state index in [0.717, 1.165) is 24.4 Å². The summed E-state index contributed by atoms with van der Waals surface area (Å²) in [6.07, 6.45) is -12.4. The van der Waals surface area contributed by atoms with E-state index in [4.69, 9.17) is 11.6 Å². The Bertz CT molecular complexity index is 898. The molecule has 0 N–H and O–H groups in total. The minimum atomic E-state index is -6.85. The summed E-state index contributed by atoms with van der Waals surface area (Å²) in [4.78, 5) is 3.53. The van der Waals surface area contributed by atoms with E-state index in [1.54, 1.807) is 0 Å². The van der Waals surface area contributed by atoms with Crippen molar-refractivity contribution in [3.8, 4) is 11.1 Å². The van der Waals surface area contributed by atoms with Gasteiger partial charge in [-0.1, -0.05) is 43.5 Å². The van der Waals surface area contributed by atoms with Gasteiger partial charge in [0.25, 0.3) is 0 Å². The molecule has 1 aromatic heterocycles. The Labute approximate surface area is 173 Å². The fraction of sp³-hybridized carbons (Fsp3) is 0.267. The predicted molar refractivity (Wildman–Crippen MR) is 89.9 cm³/mol. The smallest absolute Gasteiger partial charge is 0.244 e. The summed E-state index contributed by atoms with van der Waals surface area (Å²) in [7, 11) is 0. The van der Waals surface area contributed by atoms with E-state index in [-0.39, 0.29) is 10.5 Å². The van der Waals surface area contributed by atoms with Gasteiger partial charge in [0, 0.05) is 31.8 Å². The van der Waals surface area contributed by atoms with Gasteiger partial charge in [-0.25, -0.2) is 9.37 Å². The maximum atomic E-state index is 15.0. The largest absolute Gasteiger partial charge is 0.457 e. The average Bonchev–Trinajstić information content (AvgIpc) is 2.52. The fourth-order valence-electron chi connectivity index (χ4n) is 2.39. The summed E-state index contributed by atoms with van der Waals surface area (Å²) in [5, 5.41) is -0.536. The first-order valence-corrected chi connectivity index (χ1v) is 8.82. The molecule has 0 saturated heterocycles. The van der Waals surface area contributed by atoms with Crippen LogP contribution in [0, 0.1) is 0 Å². The van der Waals surface area contributed by atoms with Crippen molar-refractivity contribution in [3.05, 3.63) is 50.1 Å². The highest BCUT2D eigenvalue weighted by atomic mass is 79.9. The minimum absolute atomic E-state index is 0.191. The molecule has 0 bridgehead atoms. The van der Waals surface area contributed by atoms with Gasteiger partial charge in [-0.15, -0.1) is 0 Å². The summed E-state index contributed by atoms with van der Waals surface area (Å²) in [6.45, 7) is 0. The van der Waals surface area contributed by atoms with Crippen molar-refractivity contribution < 1.29 is 39.5 Å². The molecule has 1 nitrogen and oxygen atoms in total. The summed E-state index contributed by atoms with van der Waals surface area (Å²) in [5.41, 5.74) is -9.55. The van der Waals surface area contributed by atoms with Crippen LogP contribution in [0.4, 0.5) is 39.5 Å². The molecule has 1 aromatic carbocycles. The highest BCUT2D eigenvalue weighted by Gasteiger charge is 2.82. The van der Waals surface area contributed by atoms with Gasteiger partial charge in [-0.05, 0) is 24.3 Å². The first-order valence-electron chi connectivity index (χ1n) is 6.86. The van der Waals surface area contributed by atoms with Crippen LogP contribution in [0.25, 0.3) is 11.1 Å². The Morgan fingerprint density at radius 3 is 1.89 bits per heavy atom. The Hall–Kier alpha value is -1.01. The summed E-state index contributed by atoms with van der Waals surface area (Å²) < 4.78 is 121. The van der Waals surface area contributed by atoms with E-state index in [2.05, 4.69) is 36.8 Å². The molecular formula is C15H5Br2ClF9N. The minimum Gasteiger partial charge on any atom is -0.244 e. The second-order valence-corrected chi connectivity index (χ2v) is 7.51. The van der Waals surface area contributed by atoms with Crippen molar-refractivity contribution in [2.45, 2.75) is 23.9 Å². The van der Waals surface area contributed by atoms with E-state index in [1.165, 1.54) is 0 Å². The topological polar surface area (TPSA) is 12.9 Å². The van der Waals surface area contributed by atoms with Crippen LogP contribution in [-0.2, 0) is 5.67 Å². The molecule has 0 radical (unpaired) electrons. The molecule has 28 heavy (non-hydrogen) atoms. The third kappa shape index (κ3) is 3.62. The van der Waals surface area contributed by atoms with Gasteiger partial charge >= 0.3 is 23.9 Å². The van der Waals surface area contributed by atoms with Gasteiger partial charge in [0.1, 0.15) is 5.15 Å². The van der Waals surface area contributed by atoms with E-state index < -0.39 is 50.3 Å². The Morgan fingerprint density at radius 1 is 0.857 bits per heavy atom. The molecule has 1 atom stereocenters. The zero-order chi connectivity index (χ0) is 21.7. The van der Waals surface area contributed by atoms with Crippen molar-refractivity contribution in [1.29, 1.82) is 0 Å². The lowest BCUT2D eigenvalue weighted by Gasteiger charge is -2.37. The van der Waals surface area contributed by atoms with Gasteiger partial charge in [0.05, 0.1) is 0 Å². The molecule has 0 aliphatic rings. The van der Waals surface area contributed by atoms with E-state index in [0.29, 0.717) is 0 Å². The van der Waals surface area contributed by atoms with Gasteiger partial charge in [-0.3, -0.25) is 0 Å². The fourth-order valence-corrected chi connectivity index (χ4v) is 4.04. The summed E-state index contributed by atoms with van der Waals surface area (Å²) >= 11 is 11.2. The molecule has 0 spiro atoms. The maximum absolute atomic E-state index is 15.0. The van der Waals surface area contributed by atoms with Crippen LogP contribution >= 0.6 is 43.5 Å². The average molecular weight is 565 g/mol. The molecule has 1 heterocycles. The zero-order valence-electron chi connectivity index (χ0n) is 12.9. The number of benzene rings is 1. The van der Waals surface area contributed by atoms with Crippen molar-refractivity contribution in [2.75, 3.05) is 0 Å². The van der Waals surface area contributed by atoms with Gasteiger partial charge in [0.15, 0.2) is 0 Å². The maximum Gasteiger partial charge on any atom is 0.457 e. The van der Waals surface area contributed by atoms with Crippen molar-refractivity contribution in [1.82, 2.24) is 4.98 Å². The first kappa shape index (κ1) is 23.3. The summed E-state index contributed by atoms with van der Waals surface area (Å²) in [5.74, 6) is -6.82. The summed E-state index contributed by atoms with van der Waals surface area (Å²) in [6, 6.07) is 3.35. The van der Waals surface area contributed by atoms with E-state index in [9.17, 15) is 35.1 Å². The molecule has 154 valence electrons. The number of halogens is 12. The lowest BCUT2D eigenvalue weighted by Crippen LogP contribution is -2.60. The van der Waals surface area contributed by atoms with Crippen LogP contribution in [-0.4, -0.2) is 23.3 Å². The quantitative estimate of drug-likeness (QED) is 0.273. The lowest BCUT2D eigenvalue weighted by atomic mass is 9.83. The number of hydrogen-bond donors (Lipinski definition) is 0. The number of nitrogens with zero attached hydrogens (tertiary/aromatic N) is 1. The van der Waals surface area contributed by atoms with Crippen LogP contribution in [0.2, 0.25) is 5.15 Å². The van der Waals surface area contributed by atoms with Crippen molar-refractivity contribution in [3.63, 3.8) is 0 Å². The molecule has 2 aromatic rings. The normalized spacial score (nSPS) is 15.4. The molecule has 2 rings (SSSR count). The zero-order valence-corrected chi connectivity index (χ0v) is 16.8. The second kappa shape index (κ2) is 7.35. The third-order valence-electron chi connectivity index (χ3n) is 3.63. The molecule has 1 unspecified atom stereocenters. The third-order valence-corrected chi connectivity index (χ3v) is 5.02. The van der Waals surface area contributed by atoms with Crippen LogP contribution in [0.5, 0.6) is 0 Å². The first-order chi connectivity index (χ1) is 12.6. The Kier molecular flexibility index (Phi) is 6.11. The number of pyridine rings is 1. The molecular weight excluding hydrogens is 560 g/mol. The van der Waals surface area contributed by atoms with Crippen LogP contribution < -0.4 is 0 Å². The number of hydrogen-bond acceptors (Lipinski definition) is 1. The highest BCUT2D eigenvalue weighted by Crippen LogP contribution is 2.60. The Balaban J connectivity index is 3.04. The SMILES string of the molecule is FC(F)(F)C(F)(F)C(F)(c1cc(Br)cc(Br)c1-c1cccnc1Cl)C(F)(F)F. The van der Waals surface area contributed by atoms with Crippen molar-refractivity contribution in [2.24, 2.45) is 0 Å². The Morgan fingerprint density at radius 2 is 1.43 bits per heavy atom. The number of aromatic nitrogens is 1. The van der Waals surface area contributed by atoms with Crippen LogP contribution in [0.1, 0.15) is 5.56 Å². The van der Waals surface area contributed by atoms with Gasteiger partial charge in [0.2, 0.25) is 0 Å². The van der Waals surface area contributed by atoms with E-state index >= 15 is 4.39 Å². The molecule has 0 amide bonds. The van der Waals surface area contributed by atoms with Gasteiger partial charge < -0.3 is 0 Å². The molecule has 13 heteroatoms. The highest BCUT2D eigenvalue weighted by molar-refractivity contribution is 9.11. The molecule has 0 fully saturated rings.